The smallest absolute Gasteiger partial charge is 0.254 e. The lowest BCUT2D eigenvalue weighted by Gasteiger charge is -2.23. The molecule has 0 bridgehead atoms. The number of rotatable bonds is 2. The van der Waals surface area contributed by atoms with Crippen molar-refractivity contribution in [3.05, 3.63) is 33.8 Å². The highest BCUT2D eigenvalue weighted by atomic mass is 79.9. The number of benzene rings is 1. The molecule has 1 atom stereocenters. The number of halogens is 1. The van der Waals surface area contributed by atoms with E-state index in [9.17, 15) is 9.90 Å². The minimum absolute atomic E-state index is 0.0122. The summed E-state index contributed by atoms with van der Waals surface area (Å²) in [5.41, 5.74) is 1.75. The Labute approximate surface area is 110 Å². The van der Waals surface area contributed by atoms with E-state index in [2.05, 4.69) is 15.9 Å². The highest BCUT2D eigenvalue weighted by molar-refractivity contribution is 9.10. The summed E-state index contributed by atoms with van der Waals surface area (Å²) in [6.07, 6.45) is 1.87. The van der Waals surface area contributed by atoms with Crippen LogP contribution in [0.25, 0.3) is 0 Å². The Morgan fingerprint density at radius 2 is 2.29 bits per heavy atom. The Morgan fingerprint density at radius 1 is 1.53 bits per heavy atom. The second-order valence-corrected chi connectivity index (χ2v) is 5.41. The van der Waals surface area contributed by atoms with Gasteiger partial charge in [-0.15, -0.1) is 0 Å². The maximum Gasteiger partial charge on any atom is 0.254 e. The van der Waals surface area contributed by atoms with E-state index in [0.29, 0.717) is 5.56 Å². The van der Waals surface area contributed by atoms with Crippen molar-refractivity contribution in [3.63, 3.8) is 0 Å². The number of carbonyl (C=O) groups is 1. The van der Waals surface area contributed by atoms with Crippen LogP contribution in [-0.4, -0.2) is 35.1 Å². The second-order valence-electron chi connectivity index (χ2n) is 4.49. The van der Waals surface area contributed by atoms with Gasteiger partial charge in [-0.05, 0) is 43.5 Å². The quantitative estimate of drug-likeness (QED) is 0.910. The number of likely N-dealkylation sites (tertiary alicyclic amines) is 1. The van der Waals surface area contributed by atoms with Gasteiger partial charge in [0.2, 0.25) is 0 Å². The summed E-state index contributed by atoms with van der Waals surface area (Å²) in [6.45, 7) is 2.77. The van der Waals surface area contributed by atoms with E-state index in [1.54, 1.807) is 4.90 Å². The second kappa shape index (κ2) is 5.19. The minimum atomic E-state index is -0.0122. The summed E-state index contributed by atoms with van der Waals surface area (Å²) in [4.78, 5) is 14.1. The third-order valence-corrected chi connectivity index (χ3v) is 3.60. The number of aryl methyl sites for hydroxylation is 1. The monoisotopic (exact) mass is 297 g/mol. The number of aliphatic hydroxyl groups is 1. The summed E-state index contributed by atoms with van der Waals surface area (Å²) in [5.74, 6) is 0.0194. The van der Waals surface area contributed by atoms with E-state index in [-0.39, 0.29) is 18.6 Å². The van der Waals surface area contributed by atoms with Crippen molar-refractivity contribution < 1.29 is 9.90 Å². The fourth-order valence-corrected chi connectivity index (χ4v) is 2.93. The summed E-state index contributed by atoms with van der Waals surface area (Å²) >= 11 is 3.40. The predicted molar refractivity (Wildman–Crippen MR) is 70.0 cm³/mol. The number of carbonyl (C=O) groups excluding carboxylic acids is 1. The molecule has 1 amide bonds. The van der Waals surface area contributed by atoms with Crippen molar-refractivity contribution in [2.24, 2.45) is 0 Å². The highest BCUT2D eigenvalue weighted by Crippen LogP contribution is 2.22. The minimum Gasteiger partial charge on any atom is -0.394 e. The molecule has 0 saturated carbocycles. The molecule has 1 saturated heterocycles. The molecule has 1 heterocycles. The van der Waals surface area contributed by atoms with Gasteiger partial charge in [-0.3, -0.25) is 4.79 Å². The molecular formula is C13H16BrNO2. The Hall–Kier alpha value is -0.870. The van der Waals surface area contributed by atoms with Crippen molar-refractivity contribution in [2.45, 2.75) is 25.8 Å². The van der Waals surface area contributed by atoms with E-state index >= 15 is 0 Å². The average Bonchev–Trinajstić information content (AvgIpc) is 2.74. The van der Waals surface area contributed by atoms with Gasteiger partial charge in [0.15, 0.2) is 0 Å². The maximum absolute atomic E-state index is 12.3. The lowest BCUT2D eigenvalue weighted by atomic mass is 10.1. The molecule has 2 rings (SSSR count). The molecule has 0 unspecified atom stereocenters. The van der Waals surface area contributed by atoms with Crippen LogP contribution in [0.1, 0.15) is 28.8 Å². The number of hydrogen-bond acceptors (Lipinski definition) is 2. The van der Waals surface area contributed by atoms with Crippen LogP contribution in [0.2, 0.25) is 0 Å². The predicted octanol–water partition coefficient (Wildman–Crippen LogP) is 2.35. The molecule has 0 radical (unpaired) electrons. The first kappa shape index (κ1) is 12.6. The first-order valence-electron chi connectivity index (χ1n) is 5.81. The zero-order valence-corrected chi connectivity index (χ0v) is 11.4. The van der Waals surface area contributed by atoms with Crippen molar-refractivity contribution >= 4 is 21.8 Å². The Morgan fingerprint density at radius 3 is 2.94 bits per heavy atom. The molecule has 0 aliphatic carbocycles. The molecule has 0 spiro atoms. The van der Waals surface area contributed by atoms with Crippen LogP contribution < -0.4 is 0 Å². The van der Waals surface area contributed by atoms with E-state index in [1.165, 1.54) is 0 Å². The Balaban J connectivity index is 2.24. The number of nitrogens with zero attached hydrogens (tertiary/aromatic N) is 1. The van der Waals surface area contributed by atoms with E-state index in [0.717, 1.165) is 29.4 Å². The zero-order chi connectivity index (χ0) is 12.4. The summed E-state index contributed by atoms with van der Waals surface area (Å²) in [5, 5.41) is 9.24. The largest absolute Gasteiger partial charge is 0.394 e. The van der Waals surface area contributed by atoms with Crippen molar-refractivity contribution in [1.29, 1.82) is 0 Å². The van der Waals surface area contributed by atoms with Crippen LogP contribution >= 0.6 is 15.9 Å². The van der Waals surface area contributed by atoms with Gasteiger partial charge in [-0.25, -0.2) is 0 Å². The summed E-state index contributed by atoms with van der Waals surface area (Å²) in [7, 11) is 0. The average molecular weight is 298 g/mol. The molecule has 1 N–H and O–H groups in total. The molecule has 1 fully saturated rings. The van der Waals surface area contributed by atoms with Crippen LogP contribution in [0.3, 0.4) is 0 Å². The van der Waals surface area contributed by atoms with Crippen molar-refractivity contribution in [2.75, 3.05) is 13.2 Å². The topological polar surface area (TPSA) is 40.5 Å². The lowest BCUT2D eigenvalue weighted by Crippen LogP contribution is -2.37. The molecular weight excluding hydrogens is 282 g/mol. The van der Waals surface area contributed by atoms with Crippen LogP contribution in [0.5, 0.6) is 0 Å². The third kappa shape index (κ3) is 2.69. The maximum atomic E-state index is 12.3. The van der Waals surface area contributed by atoms with E-state index in [4.69, 9.17) is 0 Å². The van der Waals surface area contributed by atoms with E-state index < -0.39 is 0 Å². The summed E-state index contributed by atoms with van der Waals surface area (Å²) in [6, 6.07) is 5.69. The lowest BCUT2D eigenvalue weighted by molar-refractivity contribution is 0.0677. The molecule has 92 valence electrons. The molecule has 1 aromatic rings. The van der Waals surface area contributed by atoms with Gasteiger partial charge in [0.25, 0.3) is 5.91 Å². The normalized spacial score (nSPS) is 19.7. The molecule has 1 aliphatic heterocycles. The van der Waals surface area contributed by atoms with Crippen LogP contribution in [0.15, 0.2) is 22.7 Å². The first-order valence-corrected chi connectivity index (χ1v) is 6.60. The van der Waals surface area contributed by atoms with E-state index in [1.807, 2.05) is 25.1 Å². The van der Waals surface area contributed by atoms with Crippen LogP contribution in [0.4, 0.5) is 0 Å². The molecule has 0 aromatic heterocycles. The summed E-state index contributed by atoms with van der Waals surface area (Å²) < 4.78 is 0.917. The highest BCUT2D eigenvalue weighted by Gasteiger charge is 2.28. The fourth-order valence-electron chi connectivity index (χ4n) is 2.32. The van der Waals surface area contributed by atoms with Gasteiger partial charge < -0.3 is 10.0 Å². The van der Waals surface area contributed by atoms with Crippen molar-refractivity contribution in [3.8, 4) is 0 Å². The van der Waals surface area contributed by atoms with Crippen molar-refractivity contribution in [1.82, 2.24) is 4.90 Å². The number of hydrogen-bond donors (Lipinski definition) is 1. The van der Waals surface area contributed by atoms with Gasteiger partial charge in [0.05, 0.1) is 12.6 Å². The van der Waals surface area contributed by atoms with Gasteiger partial charge in [0.1, 0.15) is 0 Å². The first-order chi connectivity index (χ1) is 8.11. The van der Waals surface area contributed by atoms with Crippen LogP contribution in [0, 0.1) is 6.92 Å². The van der Waals surface area contributed by atoms with Gasteiger partial charge in [-0.2, -0.15) is 0 Å². The molecule has 4 heteroatoms. The Kier molecular flexibility index (Phi) is 3.84. The van der Waals surface area contributed by atoms with Gasteiger partial charge in [0, 0.05) is 16.6 Å². The molecule has 1 aromatic carbocycles. The standard InChI is InChI=1S/C13H16BrNO2/c1-9-5-10(7-11(14)6-9)13(17)15-4-2-3-12(15)8-16/h5-7,12,16H,2-4,8H2,1H3/t12-/m1/s1. The number of aliphatic hydroxyl groups excluding tert-OH is 1. The SMILES string of the molecule is Cc1cc(Br)cc(C(=O)N2CCC[C@@H]2CO)c1. The van der Waals surface area contributed by atoms with Gasteiger partial charge in [-0.1, -0.05) is 15.9 Å². The van der Waals surface area contributed by atoms with Crippen LogP contribution in [-0.2, 0) is 0 Å². The third-order valence-electron chi connectivity index (χ3n) is 3.14. The fraction of sp³-hybridized carbons (Fsp3) is 0.462. The molecule has 1 aliphatic rings. The van der Waals surface area contributed by atoms with Gasteiger partial charge >= 0.3 is 0 Å². The molecule has 3 nitrogen and oxygen atoms in total. The Bertz CT molecular complexity index is 413. The molecule has 17 heavy (non-hydrogen) atoms. The zero-order valence-electron chi connectivity index (χ0n) is 9.82. The number of amides is 1.